The zero-order valence-electron chi connectivity index (χ0n) is 15.9. The number of nitrogens with one attached hydrogen (secondary N) is 1. The molecule has 30 heavy (non-hydrogen) atoms. The smallest absolute Gasteiger partial charge is 0.349 e. The van der Waals surface area contributed by atoms with Gasteiger partial charge in [0.2, 0.25) is 0 Å². The minimum atomic E-state index is -0.709. The minimum Gasteiger partial charge on any atom is -0.493 e. The molecule has 0 saturated carbocycles. The number of nitrogens with zero attached hydrogens (tertiary/aromatic N) is 1. The lowest BCUT2D eigenvalue weighted by atomic mass is 10.1. The first kappa shape index (κ1) is 20.1. The molecule has 4 aromatic rings. The summed E-state index contributed by atoms with van der Waals surface area (Å²) in [6.07, 6.45) is 0. The fraction of sp³-hybridized carbons (Fsp3) is 0.0952. The number of ether oxygens (including phenoxy) is 2. The zero-order chi connectivity index (χ0) is 21.3. The summed E-state index contributed by atoms with van der Waals surface area (Å²) in [7, 11) is 3.12. The lowest BCUT2D eigenvalue weighted by Gasteiger charge is -2.08. The number of aromatic nitrogens is 1. The van der Waals surface area contributed by atoms with Gasteiger partial charge >= 0.3 is 5.63 Å². The predicted molar refractivity (Wildman–Crippen MR) is 119 cm³/mol. The predicted octanol–water partition coefficient (Wildman–Crippen LogP) is 4.95. The molecule has 0 radical (unpaired) electrons. The average Bonchev–Trinajstić information content (AvgIpc) is 3.21. The van der Waals surface area contributed by atoms with Crippen LogP contribution in [0.4, 0.5) is 5.13 Å². The first-order chi connectivity index (χ1) is 14.5. The van der Waals surface area contributed by atoms with Crippen LogP contribution in [0.3, 0.4) is 0 Å². The summed E-state index contributed by atoms with van der Waals surface area (Å²) >= 11 is 4.61. The van der Waals surface area contributed by atoms with Gasteiger partial charge in [0.1, 0.15) is 11.1 Å². The Labute approximate surface area is 183 Å². The Kier molecular flexibility index (Phi) is 5.56. The number of fused-ring (bicyclic) bond motifs is 1. The van der Waals surface area contributed by atoms with Crippen LogP contribution in [0.25, 0.3) is 22.2 Å². The van der Waals surface area contributed by atoms with Crippen molar-refractivity contribution in [3.05, 3.63) is 68.3 Å². The average molecular weight is 487 g/mol. The second-order valence-corrected chi connectivity index (χ2v) is 7.97. The highest BCUT2D eigenvalue weighted by molar-refractivity contribution is 9.10. The van der Waals surface area contributed by atoms with Crippen LogP contribution in [0.15, 0.2) is 61.5 Å². The minimum absolute atomic E-state index is 0.0940. The van der Waals surface area contributed by atoms with Crippen LogP contribution in [0.2, 0.25) is 0 Å². The van der Waals surface area contributed by atoms with Crippen molar-refractivity contribution in [2.45, 2.75) is 0 Å². The highest BCUT2D eigenvalue weighted by Crippen LogP contribution is 2.33. The molecule has 2 aromatic carbocycles. The lowest BCUT2D eigenvalue weighted by Crippen LogP contribution is -2.20. The second-order valence-electron chi connectivity index (χ2n) is 6.19. The van der Waals surface area contributed by atoms with Gasteiger partial charge in [0, 0.05) is 20.8 Å². The Balaban J connectivity index is 1.60. The summed E-state index contributed by atoms with van der Waals surface area (Å²) in [6, 6.07) is 12.1. The highest BCUT2D eigenvalue weighted by Gasteiger charge is 2.16. The molecule has 1 N–H and O–H groups in total. The molecule has 0 aliphatic heterocycles. The summed E-state index contributed by atoms with van der Waals surface area (Å²) in [5, 5.41) is 5.46. The third-order valence-corrected chi connectivity index (χ3v) is 5.59. The molecule has 0 spiro atoms. The molecule has 2 heterocycles. The fourth-order valence-electron chi connectivity index (χ4n) is 2.88. The topological polar surface area (TPSA) is 90.7 Å². The van der Waals surface area contributed by atoms with E-state index in [0.29, 0.717) is 33.3 Å². The zero-order valence-corrected chi connectivity index (χ0v) is 18.3. The maximum atomic E-state index is 12.6. The number of methoxy groups -OCH3 is 2. The fourth-order valence-corrected chi connectivity index (χ4v) is 3.97. The molecule has 7 nitrogen and oxygen atoms in total. The van der Waals surface area contributed by atoms with E-state index in [9.17, 15) is 9.59 Å². The van der Waals surface area contributed by atoms with Crippen LogP contribution in [0.5, 0.6) is 11.5 Å². The van der Waals surface area contributed by atoms with E-state index in [1.165, 1.54) is 17.4 Å². The molecule has 0 fully saturated rings. The number of carbonyl (C=O) groups is 1. The van der Waals surface area contributed by atoms with Crippen molar-refractivity contribution < 1.29 is 18.7 Å². The van der Waals surface area contributed by atoms with Gasteiger partial charge in [-0.15, -0.1) is 11.3 Å². The van der Waals surface area contributed by atoms with Gasteiger partial charge in [0.05, 0.1) is 19.9 Å². The molecular formula is C21H15BrN2O5S. The van der Waals surface area contributed by atoms with Crippen molar-refractivity contribution in [1.29, 1.82) is 0 Å². The van der Waals surface area contributed by atoms with Gasteiger partial charge in [-0.25, -0.2) is 9.78 Å². The molecule has 0 unspecified atom stereocenters. The maximum absolute atomic E-state index is 12.6. The van der Waals surface area contributed by atoms with Crippen molar-refractivity contribution in [3.63, 3.8) is 0 Å². The summed E-state index contributed by atoms with van der Waals surface area (Å²) < 4.78 is 16.6. The molecule has 0 bridgehead atoms. The third-order valence-electron chi connectivity index (χ3n) is 4.34. The van der Waals surface area contributed by atoms with Crippen LogP contribution in [0.1, 0.15) is 10.4 Å². The number of amides is 1. The molecule has 152 valence electrons. The SMILES string of the molecule is COc1ccc(-c2csc(NC(=O)c3cc4cc(Br)ccc4oc3=O)n2)cc1OC. The molecule has 0 aliphatic carbocycles. The van der Waals surface area contributed by atoms with E-state index in [4.69, 9.17) is 13.9 Å². The molecule has 0 saturated heterocycles. The van der Waals surface area contributed by atoms with Crippen molar-refractivity contribution >= 4 is 49.3 Å². The molecule has 0 aliphatic rings. The summed E-state index contributed by atoms with van der Waals surface area (Å²) in [5.41, 5.74) is 1.07. The number of thiazole rings is 1. The number of carbonyl (C=O) groups excluding carboxylic acids is 1. The molecule has 9 heteroatoms. The first-order valence-electron chi connectivity index (χ1n) is 8.71. The van der Waals surface area contributed by atoms with E-state index in [0.717, 1.165) is 10.0 Å². The van der Waals surface area contributed by atoms with Crippen LogP contribution in [-0.4, -0.2) is 25.1 Å². The first-order valence-corrected chi connectivity index (χ1v) is 10.4. The molecule has 0 atom stereocenters. The van der Waals surface area contributed by atoms with Gasteiger partial charge in [-0.05, 0) is 42.5 Å². The van der Waals surface area contributed by atoms with Gasteiger partial charge in [-0.3, -0.25) is 10.1 Å². The second kappa shape index (κ2) is 8.29. The lowest BCUT2D eigenvalue weighted by molar-refractivity contribution is 0.102. The third kappa shape index (κ3) is 3.94. The normalized spacial score (nSPS) is 10.8. The quantitative estimate of drug-likeness (QED) is 0.401. The number of hydrogen-bond acceptors (Lipinski definition) is 7. The summed E-state index contributed by atoms with van der Waals surface area (Å²) in [5.74, 6) is 0.604. The van der Waals surface area contributed by atoms with Crippen molar-refractivity contribution in [3.8, 4) is 22.8 Å². The van der Waals surface area contributed by atoms with E-state index in [2.05, 4.69) is 26.2 Å². The number of anilines is 1. The Hall–Kier alpha value is -3.17. The van der Waals surface area contributed by atoms with E-state index >= 15 is 0 Å². The van der Waals surface area contributed by atoms with Crippen molar-refractivity contribution in [1.82, 2.24) is 4.98 Å². The van der Waals surface area contributed by atoms with Crippen LogP contribution in [-0.2, 0) is 0 Å². The Bertz CT molecular complexity index is 1310. The maximum Gasteiger partial charge on any atom is 0.349 e. The van der Waals surface area contributed by atoms with Crippen LogP contribution in [0, 0.1) is 0 Å². The molecule has 1 amide bonds. The molecular weight excluding hydrogens is 472 g/mol. The van der Waals surface area contributed by atoms with Gasteiger partial charge in [0.15, 0.2) is 16.6 Å². The van der Waals surface area contributed by atoms with Crippen LogP contribution < -0.4 is 20.4 Å². The Morgan fingerprint density at radius 1 is 1.10 bits per heavy atom. The number of halogens is 1. The summed E-state index contributed by atoms with van der Waals surface area (Å²) in [4.78, 5) is 29.3. The number of benzene rings is 2. The van der Waals surface area contributed by atoms with Crippen molar-refractivity contribution in [2.24, 2.45) is 0 Å². The number of rotatable bonds is 5. The van der Waals surface area contributed by atoms with E-state index < -0.39 is 11.5 Å². The van der Waals surface area contributed by atoms with E-state index in [1.807, 2.05) is 6.07 Å². The van der Waals surface area contributed by atoms with E-state index in [-0.39, 0.29) is 5.56 Å². The molecule has 2 aromatic heterocycles. The van der Waals surface area contributed by atoms with Gasteiger partial charge in [-0.1, -0.05) is 15.9 Å². The molecule has 4 rings (SSSR count). The highest BCUT2D eigenvalue weighted by atomic mass is 79.9. The Morgan fingerprint density at radius 3 is 2.67 bits per heavy atom. The van der Waals surface area contributed by atoms with E-state index in [1.54, 1.807) is 49.9 Å². The summed E-state index contributed by atoms with van der Waals surface area (Å²) in [6.45, 7) is 0. The van der Waals surface area contributed by atoms with Gasteiger partial charge in [0.25, 0.3) is 5.91 Å². The van der Waals surface area contributed by atoms with Crippen molar-refractivity contribution in [2.75, 3.05) is 19.5 Å². The monoisotopic (exact) mass is 486 g/mol. The standard InChI is InChI=1S/C21H15BrN2O5S/c1-27-17-5-3-11(9-18(17)28-2)15-10-30-21(23-15)24-19(25)14-8-12-7-13(22)4-6-16(12)29-20(14)26/h3-10H,1-2H3,(H,23,24,25). The van der Waals surface area contributed by atoms with Gasteiger partial charge in [-0.2, -0.15) is 0 Å². The Morgan fingerprint density at radius 2 is 1.90 bits per heavy atom. The number of hydrogen-bond donors (Lipinski definition) is 1. The van der Waals surface area contributed by atoms with Gasteiger partial charge < -0.3 is 13.9 Å². The largest absolute Gasteiger partial charge is 0.493 e. The van der Waals surface area contributed by atoms with Crippen LogP contribution >= 0.6 is 27.3 Å².